The second-order valence-corrected chi connectivity index (χ2v) is 7.32. The molecule has 21 heavy (non-hydrogen) atoms. The molecular weight excluding hydrogens is 290 g/mol. The van der Waals surface area contributed by atoms with Gasteiger partial charge in [-0.1, -0.05) is 26.8 Å². The van der Waals surface area contributed by atoms with Crippen molar-refractivity contribution in [1.82, 2.24) is 5.32 Å². The molecule has 2 N–H and O–H groups in total. The third kappa shape index (κ3) is 10.5. The Labute approximate surface area is 128 Å². The summed E-state index contributed by atoms with van der Waals surface area (Å²) in [7, 11) is -3.85. The zero-order valence-electron chi connectivity index (χ0n) is 13.4. The third-order valence-corrected chi connectivity index (χ3v) is 4.62. The molecule has 0 spiro atoms. The SMILES string of the molecule is C=C(C)C(=O)NCCCC(CC)C(C)CCCS(=O)(=O)O. The Hall–Kier alpha value is -0.880. The van der Waals surface area contributed by atoms with E-state index in [1.54, 1.807) is 6.92 Å². The van der Waals surface area contributed by atoms with Gasteiger partial charge in [-0.15, -0.1) is 0 Å². The first kappa shape index (κ1) is 20.1. The molecule has 0 aromatic rings. The average Bonchev–Trinajstić information content (AvgIpc) is 2.36. The van der Waals surface area contributed by atoms with E-state index in [1.165, 1.54) is 0 Å². The van der Waals surface area contributed by atoms with Crippen molar-refractivity contribution in [3.05, 3.63) is 12.2 Å². The molecule has 2 atom stereocenters. The minimum atomic E-state index is -3.85. The predicted octanol–water partition coefficient (Wildman–Crippen LogP) is 2.79. The van der Waals surface area contributed by atoms with Gasteiger partial charge in [0.25, 0.3) is 10.1 Å². The topological polar surface area (TPSA) is 83.5 Å². The van der Waals surface area contributed by atoms with E-state index in [-0.39, 0.29) is 11.7 Å². The first-order valence-corrected chi connectivity index (χ1v) is 9.17. The van der Waals surface area contributed by atoms with Crippen LogP contribution >= 0.6 is 0 Å². The Balaban J connectivity index is 3.97. The van der Waals surface area contributed by atoms with Crippen LogP contribution < -0.4 is 5.32 Å². The lowest BCUT2D eigenvalue weighted by Gasteiger charge is -2.22. The van der Waals surface area contributed by atoms with Crippen molar-refractivity contribution < 1.29 is 17.8 Å². The van der Waals surface area contributed by atoms with Gasteiger partial charge in [0, 0.05) is 12.1 Å². The zero-order valence-corrected chi connectivity index (χ0v) is 14.2. The second kappa shape index (κ2) is 9.95. The van der Waals surface area contributed by atoms with Gasteiger partial charge < -0.3 is 5.32 Å². The summed E-state index contributed by atoms with van der Waals surface area (Å²) in [6.45, 7) is 10.1. The summed E-state index contributed by atoms with van der Waals surface area (Å²) in [5, 5.41) is 2.81. The van der Waals surface area contributed by atoms with E-state index in [0.717, 1.165) is 25.7 Å². The molecule has 0 aliphatic heterocycles. The largest absolute Gasteiger partial charge is 0.352 e. The van der Waals surface area contributed by atoms with E-state index >= 15 is 0 Å². The van der Waals surface area contributed by atoms with Crippen LogP contribution in [0, 0.1) is 11.8 Å². The van der Waals surface area contributed by atoms with Gasteiger partial charge in [-0.3, -0.25) is 9.35 Å². The van der Waals surface area contributed by atoms with Crippen LogP contribution in [0.5, 0.6) is 0 Å². The fourth-order valence-electron chi connectivity index (χ4n) is 2.43. The van der Waals surface area contributed by atoms with Gasteiger partial charge in [-0.25, -0.2) is 0 Å². The van der Waals surface area contributed by atoms with Crippen molar-refractivity contribution in [2.45, 2.75) is 52.9 Å². The van der Waals surface area contributed by atoms with Gasteiger partial charge in [0.15, 0.2) is 0 Å². The summed E-state index contributed by atoms with van der Waals surface area (Å²) >= 11 is 0. The number of carbonyl (C=O) groups is 1. The summed E-state index contributed by atoms with van der Waals surface area (Å²) in [6.07, 6.45) is 4.21. The quantitative estimate of drug-likeness (QED) is 0.348. The van der Waals surface area contributed by atoms with Gasteiger partial charge in [0.05, 0.1) is 5.75 Å². The molecule has 0 heterocycles. The Morgan fingerprint density at radius 2 is 1.90 bits per heavy atom. The molecule has 0 radical (unpaired) electrons. The van der Waals surface area contributed by atoms with E-state index in [4.69, 9.17) is 4.55 Å². The van der Waals surface area contributed by atoms with Crippen molar-refractivity contribution in [3.63, 3.8) is 0 Å². The van der Waals surface area contributed by atoms with E-state index in [1.807, 2.05) is 0 Å². The van der Waals surface area contributed by atoms with Gasteiger partial charge >= 0.3 is 0 Å². The van der Waals surface area contributed by atoms with Gasteiger partial charge in [0.1, 0.15) is 0 Å². The van der Waals surface area contributed by atoms with E-state index in [9.17, 15) is 13.2 Å². The van der Waals surface area contributed by atoms with Crippen molar-refractivity contribution in [2.75, 3.05) is 12.3 Å². The molecule has 0 saturated heterocycles. The van der Waals surface area contributed by atoms with Crippen LogP contribution in [0.15, 0.2) is 12.2 Å². The second-order valence-electron chi connectivity index (χ2n) is 5.75. The Morgan fingerprint density at radius 3 is 2.38 bits per heavy atom. The minimum Gasteiger partial charge on any atom is -0.352 e. The Bertz CT molecular complexity index is 431. The number of hydrogen-bond donors (Lipinski definition) is 2. The number of nitrogens with one attached hydrogen (secondary N) is 1. The van der Waals surface area contributed by atoms with E-state index in [0.29, 0.717) is 30.4 Å². The van der Waals surface area contributed by atoms with Crippen LogP contribution in [0.25, 0.3) is 0 Å². The average molecular weight is 319 g/mol. The van der Waals surface area contributed by atoms with Crippen molar-refractivity contribution >= 4 is 16.0 Å². The van der Waals surface area contributed by atoms with Crippen LogP contribution in [0.3, 0.4) is 0 Å². The van der Waals surface area contributed by atoms with Gasteiger partial charge in [0.2, 0.25) is 5.91 Å². The normalized spacial score (nSPS) is 14.5. The van der Waals surface area contributed by atoms with E-state index < -0.39 is 10.1 Å². The first-order chi connectivity index (χ1) is 9.67. The molecule has 0 saturated carbocycles. The lowest BCUT2D eigenvalue weighted by Crippen LogP contribution is -2.25. The zero-order chi connectivity index (χ0) is 16.5. The summed E-state index contributed by atoms with van der Waals surface area (Å²) in [5.74, 6) is 0.647. The van der Waals surface area contributed by atoms with Crippen LogP contribution in [0.1, 0.15) is 52.9 Å². The first-order valence-electron chi connectivity index (χ1n) is 7.56. The molecule has 5 nitrogen and oxygen atoms in total. The maximum absolute atomic E-state index is 11.3. The Kier molecular flexibility index (Phi) is 9.53. The minimum absolute atomic E-state index is 0.107. The lowest BCUT2D eigenvalue weighted by molar-refractivity contribution is -0.117. The molecule has 6 heteroatoms. The molecular formula is C15H29NO4S. The van der Waals surface area contributed by atoms with E-state index in [2.05, 4.69) is 25.7 Å². The van der Waals surface area contributed by atoms with Crippen LogP contribution in [0.4, 0.5) is 0 Å². The predicted molar refractivity (Wildman–Crippen MR) is 85.7 cm³/mol. The number of amides is 1. The summed E-state index contributed by atoms with van der Waals surface area (Å²) < 4.78 is 30.1. The van der Waals surface area contributed by atoms with Crippen molar-refractivity contribution in [3.8, 4) is 0 Å². The summed E-state index contributed by atoms with van der Waals surface area (Å²) in [4.78, 5) is 11.3. The molecule has 0 aromatic heterocycles. The highest BCUT2D eigenvalue weighted by Crippen LogP contribution is 2.25. The molecule has 0 rings (SSSR count). The molecule has 0 fully saturated rings. The third-order valence-electron chi connectivity index (χ3n) is 3.82. The molecule has 1 amide bonds. The summed E-state index contributed by atoms with van der Waals surface area (Å²) in [5.41, 5.74) is 0.514. The molecule has 0 aliphatic carbocycles. The molecule has 124 valence electrons. The molecule has 0 aromatic carbocycles. The Morgan fingerprint density at radius 1 is 1.29 bits per heavy atom. The maximum atomic E-state index is 11.3. The number of carbonyl (C=O) groups excluding carboxylic acids is 1. The fourth-order valence-corrected chi connectivity index (χ4v) is 2.96. The maximum Gasteiger partial charge on any atom is 0.264 e. The van der Waals surface area contributed by atoms with Crippen molar-refractivity contribution in [2.24, 2.45) is 11.8 Å². The fraction of sp³-hybridized carbons (Fsp3) is 0.800. The highest BCUT2D eigenvalue weighted by atomic mass is 32.2. The number of hydrogen-bond acceptors (Lipinski definition) is 3. The molecule has 0 aliphatic rings. The monoisotopic (exact) mass is 319 g/mol. The highest BCUT2D eigenvalue weighted by Gasteiger charge is 2.16. The highest BCUT2D eigenvalue weighted by molar-refractivity contribution is 7.85. The number of rotatable bonds is 11. The molecule has 2 unspecified atom stereocenters. The summed E-state index contributed by atoms with van der Waals surface area (Å²) in [6, 6.07) is 0. The van der Waals surface area contributed by atoms with Gasteiger partial charge in [-0.2, -0.15) is 8.42 Å². The van der Waals surface area contributed by atoms with Crippen LogP contribution in [-0.2, 0) is 14.9 Å². The van der Waals surface area contributed by atoms with Crippen LogP contribution in [0.2, 0.25) is 0 Å². The van der Waals surface area contributed by atoms with Gasteiger partial charge in [-0.05, 0) is 44.4 Å². The lowest BCUT2D eigenvalue weighted by atomic mass is 9.85. The van der Waals surface area contributed by atoms with Crippen LogP contribution in [-0.4, -0.2) is 31.2 Å². The van der Waals surface area contributed by atoms with Crippen molar-refractivity contribution in [1.29, 1.82) is 0 Å². The molecule has 0 bridgehead atoms. The standard InChI is InChI=1S/C15H29NO4S/c1-5-14(9-6-10-16-15(17)12(2)3)13(4)8-7-11-21(18,19)20/h13-14H,2,5-11H2,1,3-4H3,(H,16,17)(H,18,19,20). The smallest absolute Gasteiger partial charge is 0.264 e.